The van der Waals surface area contributed by atoms with Crippen LogP contribution in [0.4, 0.5) is 0 Å². The van der Waals surface area contributed by atoms with Gasteiger partial charge in [0.25, 0.3) is 0 Å². The van der Waals surface area contributed by atoms with Crippen LogP contribution < -0.4 is 5.32 Å². The molecule has 1 saturated carbocycles. The lowest BCUT2D eigenvalue weighted by molar-refractivity contribution is -0.0836. The van der Waals surface area contributed by atoms with Gasteiger partial charge in [-0.05, 0) is 39.3 Å². The zero-order chi connectivity index (χ0) is 12.1. The molecule has 0 amide bonds. The fourth-order valence-corrected chi connectivity index (χ4v) is 3.19. The van der Waals surface area contributed by atoms with E-state index in [9.17, 15) is 0 Å². The summed E-state index contributed by atoms with van der Waals surface area (Å²) in [7, 11) is 2.18. The maximum atomic E-state index is 6.05. The van der Waals surface area contributed by atoms with Crippen LogP contribution in [0, 0.1) is 0 Å². The maximum absolute atomic E-state index is 6.05. The molecule has 1 N–H and O–H groups in total. The molecule has 0 radical (unpaired) electrons. The van der Waals surface area contributed by atoms with Crippen molar-refractivity contribution >= 4 is 0 Å². The zero-order valence-electron chi connectivity index (χ0n) is 11.5. The van der Waals surface area contributed by atoms with Crippen LogP contribution in [0.1, 0.15) is 45.4 Å². The second kappa shape index (κ2) is 6.17. The monoisotopic (exact) mass is 240 g/mol. The van der Waals surface area contributed by atoms with Gasteiger partial charge in [-0.25, -0.2) is 0 Å². The van der Waals surface area contributed by atoms with Gasteiger partial charge < -0.3 is 15.0 Å². The van der Waals surface area contributed by atoms with Crippen LogP contribution in [0.15, 0.2) is 0 Å². The van der Waals surface area contributed by atoms with Crippen molar-refractivity contribution in [1.29, 1.82) is 0 Å². The topological polar surface area (TPSA) is 24.5 Å². The number of nitrogens with one attached hydrogen (secondary N) is 1. The lowest BCUT2D eigenvalue weighted by Crippen LogP contribution is -2.47. The van der Waals surface area contributed by atoms with Gasteiger partial charge in [0.05, 0.1) is 5.60 Å². The summed E-state index contributed by atoms with van der Waals surface area (Å²) in [5, 5.41) is 3.72. The first kappa shape index (κ1) is 13.3. The van der Waals surface area contributed by atoms with E-state index in [0.717, 1.165) is 26.2 Å². The average molecular weight is 240 g/mol. The van der Waals surface area contributed by atoms with E-state index in [4.69, 9.17) is 4.74 Å². The predicted octanol–water partition coefficient (Wildman–Crippen LogP) is 2.02. The summed E-state index contributed by atoms with van der Waals surface area (Å²) >= 11 is 0. The van der Waals surface area contributed by atoms with E-state index >= 15 is 0 Å². The molecule has 100 valence electrons. The molecule has 2 fully saturated rings. The smallest absolute Gasteiger partial charge is 0.0697 e. The molecule has 1 saturated heterocycles. The van der Waals surface area contributed by atoms with Crippen molar-refractivity contribution in [2.45, 2.75) is 57.1 Å². The van der Waals surface area contributed by atoms with Crippen molar-refractivity contribution in [3.8, 4) is 0 Å². The highest BCUT2D eigenvalue weighted by Gasteiger charge is 2.39. The third kappa shape index (κ3) is 3.67. The molecule has 3 heteroatoms. The van der Waals surface area contributed by atoms with Gasteiger partial charge in [-0.1, -0.05) is 19.8 Å². The first-order valence-corrected chi connectivity index (χ1v) is 7.30. The summed E-state index contributed by atoms with van der Waals surface area (Å²) in [6, 6.07) is 0.687. The minimum absolute atomic E-state index is 0.257. The lowest BCUT2D eigenvalue weighted by Gasteiger charge is -2.38. The van der Waals surface area contributed by atoms with Gasteiger partial charge in [-0.2, -0.15) is 0 Å². The fraction of sp³-hybridized carbons (Fsp3) is 1.00. The molecule has 2 aliphatic rings. The van der Waals surface area contributed by atoms with Gasteiger partial charge in [0, 0.05) is 25.7 Å². The molecule has 1 atom stereocenters. The van der Waals surface area contributed by atoms with Crippen molar-refractivity contribution < 1.29 is 4.74 Å². The van der Waals surface area contributed by atoms with Crippen LogP contribution in [-0.4, -0.2) is 49.8 Å². The molecular weight excluding hydrogens is 212 g/mol. The fourth-order valence-electron chi connectivity index (χ4n) is 3.19. The van der Waals surface area contributed by atoms with Crippen LogP contribution in [0.5, 0.6) is 0 Å². The average Bonchev–Trinajstić information content (AvgIpc) is 2.77. The SMILES string of the molecule is CCN(C)CCNC1CCOC2(CCCC2)C1. The predicted molar refractivity (Wildman–Crippen MR) is 71.3 cm³/mol. The number of likely N-dealkylation sites (N-methyl/N-ethyl adjacent to an activating group) is 1. The minimum atomic E-state index is 0.257. The third-order valence-corrected chi connectivity index (χ3v) is 4.47. The number of hydrogen-bond acceptors (Lipinski definition) is 3. The Bertz CT molecular complexity index is 226. The molecule has 0 bridgehead atoms. The molecule has 1 aliphatic carbocycles. The Hall–Kier alpha value is -0.120. The summed E-state index contributed by atoms with van der Waals surface area (Å²) < 4.78 is 6.05. The largest absolute Gasteiger partial charge is 0.375 e. The summed E-state index contributed by atoms with van der Waals surface area (Å²) in [4.78, 5) is 2.36. The summed E-state index contributed by atoms with van der Waals surface area (Å²) in [6.45, 7) is 6.58. The Labute approximate surface area is 106 Å². The van der Waals surface area contributed by atoms with Gasteiger partial charge in [0.1, 0.15) is 0 Å². The Morgan fingerprint density at radius 2 is 2.12 bits per heavy atom. The van der Waals surface area contributed by atoms with Crippen LogP contribution in [0.2, 0.25) is 0 Å². The van der Waals surface area contributed by atoms with Gasteiger partial charge in [-0.3, -0.25) is 0 Å². The second-order valence-electron chi connectivity index (χ2n) is 5.78. The minimum Gasteiger partial charge on any atom is -0.375 e. The molecule has 1 heterocycles. The maximum Gasteiger partial charge on any atom is 0.0697 e. The molecular formula is C14H28N2O. The number of ether oxygens (including phenoxy) is 1. The molecule has 0 aromatic heterocycles. The third-order valence-electron chi connectivity index (χ3n) is 4.47. The first-order valence-electron chi connectivity index (χ1n) is 7.30. The molecule has 1 aliphatic heterocycles. The van der Waals surface area contributed by atoms with Crippen molar-refractivity contribution in [2.24, 2.45) is 0 Å². The van der Waals surface area contributed by atoms with Crippen LogP contribution in [0.25, 0.3) is 0 Å². The first-order chi connectivity index (χ1) is 8.24. The lowest BCUT2D eigenvalue weighted by atomic mass is 9.89. The molecule has 1 spiro atoms. The number of hydrogen-bond donors (Lipinski definition) is 1. The molecule has 0 aromatic rings. The van der Waals surface area contributed by atoms with Crippen LogP contribution >= 0.6 is 0 Å². The molecule has 3 nitrogen and oxygen atoms in total. The van der Waals surface area contributed by atoms with Crippen molar-refractivity contribution in [3.63, 3.8) is 0 Å². The summed E-state index contributed by atoms with van der Waals surface area (Å²) in [5.74, 6) is 0. The summed E-state index contributed by atoms with van der Waals surface area (Å²) in [5.41, 5.74) is 0.257. The van der Waals surface area contributed by atoms with E-state index in [0.29, 0.717) is 6.04 Å². The van der Waals surface area contributed by atoms with Crippen molar-refractivity contribution in [3.05, 3.63) is 0 Å². The van der Waals surface area contributed by atoms with Gasteiger partial charge in [0.15, 0.2) is 0 Å². The zero-order valence-corrected chi connectivity index (χ0v) is 11.5. The normalized spacial score (nSPS) is 28.1. The molecule has 2 rings (SSSR count). The quantitative estimate of drug-likeness (QED) is 0.795. The molecule has 0 aromatic carbocycles. The van der Waals surface area contributed by atoms with E-state index in [1.54, 1.807) is 0 Å². The van der Waals surface area contributed by atoms with Crippen LogP contribution in [0.3, 0.4) is 0 Å². The highest BCUT2D eigenvalue weighted by molar-refractivity contribution is 4.93. The van der Waals surface area contributed by atoms with Crippen molar-refractivity contribution in [2.75, 3.05) is 33.3 Å². The van der Waals surface area contributed by atoms with Crippen LogP contribution in [-0.2, 0) is 4.74 Å². The van der Waals surface area contributed by atoms with E-state index in [-0.39, 0.29) is 5.60 Å². The summed E-state index contributed by atoms with van der Waals surface area (Å²) in [6.07, 6.45) is 7.75. The standard InChI is InChI=1S/C14H28N2O/c1-3-16(2)10-9-15-13-6-11-17-14(12-13)7-4-5-8-14/h13,15H,3-12H2,1-2H3. The highest BCUT2D eigenvalue weighted by Crippen LogP contribution is 2.39. The van der Waals surface area contributed by atoms with E-state index in [1.807, 2.05) is 0 Å². The van der Waals surface area contributed by atoms with Gasteiger partial charge >= 0.3 is 0 Å². The van der Waals surface area contributed by atoms with E-state index in [2.05, 4.69) is 24.2 Å². The number of nitrogens with zero attached hydrogens (tertiary/aromatic N) is 1. The van der Waals surface area contributed by atoms with Gasteiger partial charge in [-0.15, -0.1) is 0 Å². The molecule has 17 heavy (non-hydrogen) atoms. The molecule has 1 unspecified atom stereocenters. The Balaban J connectivity index is 1.70. The Morgan fingerprint density at radius 1 is 1.35 bits per heavy atom. The van der Waals surface area contributed by atoms with E-state index < -0.39 is 0 Å². The highest BCUT2D eigenvalue weighted by atomic mass is 16.5. The Morgan fingerprint density at radius 3 is 2.82 bits per heavy atom. The Kier molecular flexibility index (Phi) is 4.83. The number of rotatable bonds is 5. The van der Waals surface area contributed by atoms with Gasteiger partial charge in [0.2, 0.25) is 0 Å². The second-order valence-corrected chi connectivity index (χ2v) is 5.78. The van der Waals surface area contributed by atoms with Crippen molar-refractivity contribution in [1.82, 2.24) is 10.2 Å². The van der Waals surface area contributed by atoms with E-state index in [1.165, 1.54) is 38.5 Å².